The van der Waals surface area contributed by atoms with E-state index >= 15 is 0 Å². The number of rotatable bonds is 3. The molecule has 2 aromatic rings. The lowest BCUT2D eigenvalue weighted by molar-refractivity contribution is 0.331. The van der Waals surface area contributed by atoms with Crippen molar-refractivity contribution in [3.63, 3.8) is 0 Å². The van der Waals surface area contributed by atoms with Gasteiger partial charge in [0, 0.05) is 24.7 Å². The van der Waals surface area contributed by atoms with Crippen LogP contribution in [0.4, 0.5) is 0 Å². The third-order valence-corrected chi connectivity index (χ3v) is 3.16. The zero-order valence-electron chi connectivity index (χ0n) is 12.1. The number of hydrogen-bond acceptors (Lipinski definition) is 2. The number of fused-ring (bicyclic) bond motifs is 1. The molecule has 0 saturated heterocycles. The number of aryl methyl sites for hydroxylation is 2. The summed E-state index contributed by atoms with van der Waals surface area (Å²) >= 11 is 0. The number of para-hydroxylation sites is 1. The van der Waals surface area contributed by atoms with Gasteiger partial charge >= 0.3 is 0 Å². The summed E-state index contributed by atoms with van der Waals surface area (Å²) in [5, 5.41) is 1.26. The first-order chi connectivity index (χ1) is 8.66. The normalized spacial score (nSPS) is 10.1. The Morgan fingerprint density at radius 3 is 2.50 bits per heavy atom. The topological polar surface area (TPSA) is 40.2 Å². The first kappa shape index (κ1) is 14.6. The van der Waals surface area contributed by atoms with E-state index in [-0.39, 0.29) is 0 Å². The number of hydrogen-bond donors (Lipinski definition) is 1. The summed E-state index contributed by atoms with van der Waals surface area (Å²) in [6.07, 6.45) is 0. The molecular weight excluding hydrogens is 224 g/mol. The van der Waals surface area contributed by atoms with Crippen molar-refractivity contribution in [1.29, 1.82) is 0 Å². The van der Waals surface area contributed by atoms with E-state index < -0.39 is 0 Å². The lowest BCUT2D eigenvalue weighted by atomic mass is 10.1. The molecule has 0 radical (unpaired) electrons. The van der Waals surface area contributed by atoms with Gasteiger partial charge in [0.2, 0.25) is 0 Å². The van der Waals surface area contributed by atoms with Crippen molar-refractivity contribution < 1.29 is 4.74 Å². The number of benzene rings is 1. The van der Waals surface area contributed by atoms with E-state index in [0.717, 1.165) is 11.3 Å². The second kappa shape index (κ2) is 6.45. The average Bonchev–Trinajstić information content (AvgIpc) is 2.64. The smallest absolute Gasteiger partial charge is 0.143 e. The van der Waals surface area contributed by atoms with E-state index in [1.807, 2.05) is 26.0 Å². The molecule has 0 amide bonds. The van der Waals surface area contributed by atoms with Crippen molar-refractivity contribution in [2.45, 2.75) is 27.7 Å². The van der Waals surface area contributed by atoms with Crippen molar-refractivity contribution in [2.75, 3.05) is 13.2 Å². The van der Waals surface area contributed by atoms with Gasteiger partial charge in [-0.05, 0) is 25.5 Å². The van der Waals surface area contributed by atoms with Crippen LogP contribution >= 0.6 is 0 Å². The van der Waals surface area contributed by atoms with E-state index in [2.05, 4.69) is 31.5 Å². The van der Waals surface area contributed by atoms with Crippen LogP contribution in [0.25, 0.3) is 10.9 Å². The maximum absolute atomic E-state index is 5.67. The SMILES string of the molecule is CC.Cc1c(C)n(C)c2c(OCCN)cccc12. The Balaban J connectivity index is 0.000000771. The van der Waals surface area contributed by atoms with Crippen LogP contribution in [-0.4, -0.2) is 17.7 Å². The molecule has 0 bridgehead atoms. The summed E-state index contributed by atoms with van der Waals surface area (Å²) in [5.74, 6) is 0.918. The van der Waals surface area contributed by atoms with Crippen LogP contribution in [0, 0.1) is 13.8 Å². The fourth-order valence-corrected chi connectivity index (χ4v) is 2.07. The molecule has 18 heavy (non-hydrogen) atoms. The zero-order chi connectivity index (χ0) is 13.7. The Hall–Kier alpha value is -1.48. The van der Waals surface area contributed by atoms with Crippen LogP contribution in [0.1, 0.15) is 25.1 Å². The lowest BCUT2D eigenvalue weighted by Crippen LogP contribution is -2.11. The van der Waals surface area contributed by atoms with Gasteiger partial charge in [-0.2, -0.15) is 0 Å². The highest BCUT2D eigenvalue weighted by Gasteiger charge is 2.11. The first-order valence-corrected chi connectivity index (χ1v) is 6.54. The molecule has 2 N–H and O–H groups in total. The largest absolute Gasteiger partial charge is 0.490 e. The third kappa shape index (κ3) is 2.51. The molecule has 1 heterocycles. The van der Waals surface area contributed by atoms with Crippen molar-refractivity contribution in [1.82, 2.24) is 4.57 Å². The summed E-state index contributed by atoms with van der Waals surface area (Å²) in [6, 6.07) is 6.16. The van der Waals surface area contributed by atoms with Crippen molar-refractivity contribution >= 4 is 10.9 Å². The molecule has 0 saturated carbocycles. The van der Waals surface area contributed by atoms with Gasteiger partial charge in [-0.1, -0.05) is 26.0 Å². The number of nitrogens with zero attached hydrogens (tertiary/aromatic N) is 1. The van der Waals surface area contributed by atoms with Crippen LogP contribution in [0.5, 0.6) is 5.75 Å². The Morgan fingerprint density at radius 2 is 1.89 bits per heavy atom. The maximum atomic E-state index is 5.67. The molecule has 2 rings (SSSR count). The van der Waals surface area contributed by atoms with E-state index in [0.29, 0.717) is 13.2 Å². The molecule has 0 aliphatic rings. The van der Waals surface area contributed by atoms with Crippen LogP contribution in [0.2, 0.25) is 0 Å². The monoisotopic (exact) mass is 248 g/mol. The van der Waals surface area contributed by atoms with E-state index in [1.165, 1.54) is 16.6 Å². The predicted molar refractivity (Wildman–Crippen MR) is 78.3 cm³/mol. The number of aromatic nitrogens is 1. The fraction of sp³-hybridized carbons (Fsp3) is 0.467. The van der Waals surface area contributed by atoms with Crippen molar-refractivity contribution in [3.05, 3.63) is 29.5 Å². The molecule has 0 fully saturated rings. The highest BCUT2D eigenvalue weighted by atomic mass is 16.5. The Labute approximate surface area is 110 Å². The molecule has 0 atom stereocenters. The average molecular weight is 248 g/mol. The van der Waals surface area contributed by atoms with Crippen LogP contribution in [0.3, 0.4) is 0 Å². The summed E-state index contributed by atoms with van der Waals surface area (Å²) < 4.78 is 7.85. The first-order valence-electron chi connectivity index (χ1n) is 6.54. The van der Waals surface area contributed by atoms with E-state index in [4.69, 9.17) is 10.5 Å². The van der Waals surface area contributed by atoms with Gasteiger partial charge in [0.1, 0.15) is 12.4 Å². The molecule has 1 aromatic carbocycles. The summed E-state index contributed by atoms with van der Waals surface area (Å²) in [7, 11) is 2.07. The van der Waals surface area contributed by atoms with E-state index in [1.54, 1.807) is 0 Å². The molecule has 3 nitrogen and oxygen atoms in total. The highest BCUT2D eigenvalue weighted by molar-refractivity contribution is 5.90. The minimum atomic E-state index is 0.540. The second-order valence-corrected chi connectivity index (χ2v) is 4.06. The van der Waals surface area contributed by atoms with Crippen LogP contribution < -0.4 is 10.5 Å². The number of ether oxygens (including phenoxy) is 1. The second-order valence-electron chi connectivity index (χ2n) is 4.06. The molecular formula is C15H24N2O. The minimum Gasteiger partial charge on any atom is -0.490 e. The van der Waals surface area contributed by atoms with Gasteiger partial charge in [0.05, 0.1) is 5.52 Å². The van der Waals surface area contributed by atoms with Crippen molar-refractivity contribution in [2.24, 2.45) is 12.8 Å². The Bertz CT molecular complexity index is 515. The van der Waals surface area contributed by atoms with Crippen LogP contribution in [0.15, 0.2) is 18.2 Å². The predicted octanol–water partition coefficient (Wildman–Crippen LogP) is 3.16. The molecule has 1 aromatic heterocycles. The van der Waals surface area contributed by atoms with Gasteiger partial charge in [-0.3, -0.25) is 0 Å². The lowest BCUT2D eigenvalue weighted by Gasteiger charge is -2.08. The molecule has 0 spiro atoms. The Kier molecular flexibility index (Phi) is 5.23. The molecule has 100 valence electrons. The Morgan fingerprint density at radius 1 is 1.22 bits per heavy atom. The fourth-order valence-electron chi connectivity index (χ4n) is 2.07. The third-order valence-electron chi connectivity index (χ3n) is 3.16. The standard InChI is InChI=1S/C13H18N2O.C2H6/c1-9-10(2)15(3)13-11(9)5-4-6-12(13)16-8-7-14;1-2/h4-6H,7-8,14H2,1-3H3;1-2H3. The van der Waals surface area contributed by atoms with Gasteiger partial charge in [-0.15, -0.1) is 0 Å². The highest BCUT2D eigenvalue weighted by Crippen LogP contribution is 2.31. The summed E-state index contributed by atoms with van der Waals surface area (Å²) in [5.41, 5.74) is 9.21. The molecule has 0 unspecified atom stereocenters. The summed E-state index contributed by atoms with van der Waals surface area (Å²) in [6.45, 7) is 9.37. The number of nitrogens with two attached hydrogens (primary N) is 1. The molecule has 3 heteroatoms. The van der Waals surface area contributed by atoms with Gasteiger partial charge in [0.25, 0.3) is 0 Å². The summed E-state index contributed by atoms with van der Waals surface area (Å²) in [4.78, 5) is 0. The maximum Gasteiger partial charge on any atom is 0.143 e. The molecule has 0 aliphatic carbocycles. The van der Waals surface area contributed by atoms with Gasteiger partial charge in [0.15, 0.2) is 0 Å². The van der Waals surface area contributed by atoms with Gasteiger partial charge < -0.3 is 15.0 Å². The van der Waals surface area contributed by atoms with Crippen molar-refractivity contribution in [3.8, 4) is 5.75 Å². The van der Waals surface area contributed by atoms with Crippen LogP contribution in [-0.2, 0) is 7.05 Å². The van der Waals surface area contributed by atoms with Gasteiger partial charge in [-0.25, -0.2) is 0 Å². The zero-order valence-corrected chi connectivity index (χ0v) is 12.1. The molecule has 0 aliphatic heterocycles. The minimum absolute atomic E-state index is 0.540. The quantitative estimate of drug-likeness (QED) is 0.906. The van der Waals surface area contributed by atoms with E-state index in [9.17, 15) is 0 Å².